The summed E-state index contributed by atoms with van der Waals surface area (Å²) in [7, 11) is 2.16. The van der Waals surface area contributed by atoms with Gasteiger partial charge in [-0.05, 0) is 122 Å². The number of nitrogens with zero attached hydrogens (tertiary/aromatic N) is 21. The van der Waals surface area contributed by atoms with Crippen molar-refractivity contribution >= 4 is 28.4 Å². The van der Waals surface area contributed by atoms with Crippen molar-refractivity contribution in [2.45, 2.75) is 306 Å². The Morgan fingerprint density at radius 2 is 0.882 bits per heavy atom. The molecule has 22 heterocycles. The Bertz CT molecular complexity index is 4690. The average molecular weight is 1900 g/mol. The lowest BCUT2D eigenvalue weighted by Gasteiger charge is -2.47. The number of imidazole rings is 1. The number of pyridine rings is 3. The van der Waals surface area contributed by atoms with Gasteiger partial charge in [-0.3, -0.25) is 53.5 Å². The van der Waals surface area contributed by atoms with Gasteiger partial charge in [-0.1, -0.05) is 125 Å². The highest BCUT2D eigenvalue weighted by Crippen LogP contribution is 2.38. The van der Waals surface area contributed by atoms with Crippen molar-refractivity contribution in [1.82, 2.24) is 88.3 Å². The molecule has 31 heteroatoms. The summed E-state index contributed by atoms with van der Waals surface area (Å²) >= 11 is 1.81. The lowest BCUT2D eigenvalue weighted by Crippen LogP contribution is -2.60. The van der Waals surface area contributed by atoms with Crippen molar-refractivity contribution in [2.75, 3.05) is 180 Å². The van der Waals surface area contributed by atoms with Gasteiger partial charge in [-0.2, -0.15) is 15.3 Å². The molecule has 0 radical (unpaired) electrons. The summed E-state index contributed by atoms with van der Waals surface area (Å²) < 4.78 is 51.5. The number of aliphatic hydroxyl groups is 1. The normalized spacial score (nSPS) is 20.7. The van der Waals surface area contributed by atoms with Crippen LogP contribution in [0.25, 0.3) is 0 Å². The third-order valence-corrected chi connectivity index (χ3v) is 29.2. The van der Waals surface area contributed by atoms with E-state index in [-0.39, 0.29) is 6.61 Å². The quantitative estimate of drug-likeness (QED) is 0.0888. The number of hydrogen-bond donors (Lipinski definition) is 1. The van der Waals surface area contributed by atoms with Crippen LogP contribution in [-0.2, 0) is 112 Å². The van der Waals surface area contributed by atoms with E-state index in [1.807, 2.05) is 23.7 Å². The van der Waals surface area contributed by atoms with Crippen LogP contribution in [0.4, 0.5) is 17.1 Å². The van der Waals surface area contributed by atoms with Crippen LogP contribution in [0.15, 0.2) is 83.8 Å². The monoisotopic (exact) mass is 1890 g/mol. The summed E-state index contributed by atoms with van der Waals surface area (Å²) in [6, 6.07) is 23.1. The fourth-order valence-electron chi connectivity index (χ4n) is 18.8. The number of piperazine rings is 3. The van der Waals surface area contributed by atoms with E-state index in [1.54, 1.807) is 0 Å². The smallest absolute Gasteiger partial charge is 0.197 e. The van der Waals surface area contributed by atoms with E-state index in [0.29, 0.717) is 96.7 Å². The number of ether oxygens (including phenoxy) is 7. The SMILES string of the molecule is CC(C)c1cc2n(n1)CCN(C)C2.CC(C)c1cc2n(n1)CCN(C1COC1)C2.CC(C)c1cc2n(n1)CCOC2.CC(C)c1ccc(N2C3CCC2CN(C2COC2)C3)cn1.CC(C)c1ccc(N2CCN(C3CCOC3)CC2)cn1.CC(C)c1ccc(N2CCN(CCO)CC2)cn1.CC(C)c1cn2c(n1)COCC2.CC(C)c1nc2c(o1)COCC2.CC(C)c1nc2c(s1)COCC2. The second-order valence-corrected chi connectivity index (χ2v) is 42.4. The summed E-state index contributed by atoms with van der Waals surface area (Å²) in [5, 5.41) is 23.9. The molecule has 136 heavy (non-hydrogen) atoms. The summed E-state index contributed by atoms with van der Waals surface area (Å²) in [5.41, 5.74) is 18.4. The van der Waals surface area contributed by atoms with Crippen LogP contribution in [0.2, 0.25) is 0 Å². The maximum Gasteiger partial charge on any atom is 0.197 e. The number of aliphatic hydroxyl groups excluding tert-OH is 1. The maximum atomic E-state index is 8.92. The van der Waals surface area contributed by atoms with Gasteiger partial charge in [-0.25, -0.2) is 15.0 Å². The molecule has 0 aromatic carbocycles. The summed E-state index contributed by atoms with van der Waals surface area (Å²) in [6.45, 7) is 70.8. The first-order valence-electron chi connectivity index (χ1n) is 51.3. The van der Waals surface area contributed by atoms with Gasteiger partial charge in [0.05, 0.1) is 208 Å². The molecular weight excluding hydrogens is 1730 g/mol. The van der Waals surface area contributed by atoms with E-state index < -0.39 is 0 Å². The summed E-state index contributed by atoms with van der Waals surface area (Å²) in [4.78, 5) is 48.4. The minimum atomic E-state index is 0.255. The summed E-state index contributed by atoms with van der Waals surface area (Å²) in [6.07, 6.45) is 14.0. The van der Waals surface area contributed by atoms with Crippen LogP contribution in [-0.4, -0.2) is 288 Å². The number of anilines is 3. The third kappa shape index (κ3) is 28.5. The number of rotatable bonds is 17. The largest absolute Gasteiger partial charge is 0.443 e. The number of aromatic nitrogens is 13. The Morgan fingerprint density at radius 1 is 0.390 bits per heavy atom. The molecule has 7 saturated heterocycles. The van der Waals surface area contributed by atoms with Crippen molar-refractivity contribution in [3.63, 3.8) is 0 Å². The number of oxazole rings is 1. The second-order valence-electron chi connectivity index (χ2n) is 41.3. The minimum absolute atomic E-state index is 0.255. The van der Waals surface area contributed by atoms with Crippen LogP contribution in [0.1, 0.15) is 293 Å². The first-order valence-corrected chi connectivity index (χ1v) is 52.1. The standard InChI is InChI=1S/C17H25N3O.C16H25N3O.C14H23N3O.C12H19N3O.C10H17N3.2C9H14N2O.C9H13NO2.C9H13NOS/c1-12(2)17-6-5-13(7-18-17)20-14-3-4-15(20)9-19(8-14)16-10-21-11-16;1-13(2)16-4-3-14(11-17-16)18-6-8-19(9-7-18)15-5-10-20-12-15;1-12(2)14-4-3-13(11-15-14)17-7-5-16(6-8-17)9-10-18;1-9(2)12-5-10-6-14(11-7-16-8-11)3-4-15(10)13-12;1-8(2)10-6-9-7-12(3)4-5-13(9)11-10;1-7(2)8-5-11-3-4-12-6-9(11)10-8;1-7(2)9-5-8-6-12-4-3-11(8)10-9;2*1-6(2)9-10-7-3-4-11-5-8(7)12-9/h5-7,12,14-16H,3-4,8-11H2,1-2H3;3-4,11,13,15H,5-10,12H2,1-2H3;3-4,11-12,18H,5-10H2,1-2H3;5,9,11H,3-4,6-8H2,1-2H3;6,8H,4-5,7H2,1-3H3;2*5,7H,3-4,6H2,1-2H3;2*6H,3-5H2,1-2H3. The maximum absolute atomic E-state index is 8.92. The highest BCUT2D eigenvalue weighted by atomic mass is 32.1. The molecule has 2 bridgehead atoms. The fourth-order valence-corrected chi connectivity index (χ4v) is 19.8. The molecule has 9 aromatic heterocycles. The van der Waals surface area contributed by atoms with Gasteiger partial charge in [0, 0.05) is 177 Å². The molecule has 0 amide bonds. The number of likely N-dealkylation sites (tertiary alicyclic amines) is 1. The second kappa shape index (κ2) is 50.4. The molecule has 0 aliphatic carbocycles. The number of fused-ring (bicyclic) bond motifs is 8. The third-order valence-electron chi connectivity index (χ3n) is 27.8. The lowest BCUT2D eigenvalue weighted by molar-refractivity contribution is -0.0735. The molecule has 748 valence electrons. The Morgan fingerprint density at radius 3 is 1.38 bits per heavy atom. The Hall–Kier alpha value is -7.99. The zero-order valence-electron chi connectivity index (χ0n) is 85.7. The predicted molar refractivity (Wildman–Crippen MR) is 539 cm³/mol. The predicted octanol–water partition coefficient (Wildman–Crippen LogP) is 15.6. The molecule has 3 unspecified atom stereocenters. The van der Waals surface area contributed by atoms with E-state index in [4.69, 9.17) is 42.7 Å². The van der Waals surface area contributed by atoms with Crippen LogP contribution < -0.4 is 14.7 Å². The molecule has 0 saturated carbocycles. The average Bonchev–Trinajstić information content (AvgIpc) is 1.61. The Kier molecular flexibility index (Phi) is 38.5. The van der Waals surface area contributed by atoms with Crippen molar-refractivity contribution < 1.29 is 42.7 Å². The van der Waals surface area contributed by atoms with Crippen molar-refractivity contribution in [1.29, 1.82) is 0 Å². The van der Waals surface area contributed by atoms with Crippen molar-refractivity contribution in [3.8, 4) is 0 Å². The fraction of sp³-hybridized carbons (Fsp3) is 0.686. The highest BCUT2D eigenvalue weighted by molar-refractivity contribution is 7.11. The molecule has 3 atom stereocenters. The first-order chi connectivity index (χ1) is 65.6. The minimum Gasteiger partial charge on any atom is -0.443 e. The molecular formula is C105H163N21O9S. The van der Waals surface area contributed by atoms with Gasteiger partial charge < -0.3 is 61.9 Å². The Labute approximate surface area is 815 Å². The number of β-amino-alcohol motifs (C(OH)–C–C–N with tert-alkyl or cyclic N) is 1. The topological polar surface area (TPSA) is 260 Å². The van der Waals surface area contributed by atoms with E-state index >= 15 is 0 Å². The van der Waals surface area contributed by atoms with Gasteiger partial charge in [0.2, 0.25) is 0 Å². The molecule has 13 aliphatic rings. The van der Waals surface area contributed by atoms with Crippen LogP contribution in [0, 0.1) is 0 Å². The molecule has 13 aliphatic heterocycles. The molecule has 0 spiro atoms. The van der Waals surface area contributed by atoms with Gasteiger partial charge >= 0.3 is 0 Å². The van der Waals surface area contributed by atoms with Gasteiger partial charge in [0.25, 0.3) is 0 Å². The van der Waals surface area contributed by atoms with Crippen LogP contribution in [0.5, 0.6) is 0 Å². The molecule has 7 fully saturated rings. The number of hydrogen-bond acceptors (Lipinski definition) is 27. The van der Waals surface area contributed by atoms with E-state index in [9.17, 15) is 0 Å². The number of thiazole rings is 1. The Balaban J connectivity index is 0.000000123. The zero-order chi connectivity index (χ0) is 96.1. The van der Waals surface area contributed by atoms with Crippen LogP contribution in [0.3, 0.4) is 0 Å². The molecule has 1 N–H and O–H groups in total. The van der Waals surface area contributed by atoms with Gasteiger partial charge in [0.15, 0.2) is 11.7 Å². The molecule has 30 nitrogen and oxygen atoms in total. The van der Waals surface area contributed by atoms with E-state index in [0.717, 1.165) is 232 Å². The van der Waals surface area contributed by atoms with E-state index in [1.165, 1.54) is 116 Å². The highest BCUT2D eigenvalue weighted by Gasteiger charge is 2.44. The van der Waals surface area contributed by atoms with Gasteiger partial charge in [-0.15, -0.1) is 11.3 Å². The van der Waals surface area contributed by atoms with E-state index in [2.05, 4.69) is 302 Å². The lowest BCUT2D eigenvalue weighted by atomic mass is 10.1. The number of likely N-dealkylation sites (N-methyl/N-ethyl adjacent to an activating group) is 1. The van der Waals surface area contributed by atoms with Gasteiger partial charge in [0.1, 0.15) is 19.0 Å². The zero-order valence-corrected chi connectivity index (χ0v) is 86.5. The first kappa shape index (κ1) is 104. The molecule has 22 rings (SSSR count). The van der Waals surface area contributed by atoms with Crippen molar-refractivity contribution in [3.05, 3.63) is 175 Å². The van der Waals surface area contributed by atoms with Crippen molar-refractivity contribution in [2.24, 2.45) is 0 Å². The molecule has 9 aromatic rings. The van der Waals surface area contributed by atoms with Crippen LogP contribution >= 0.6 is 11.3 Å². The summed E-state index contributed by atoms with van der Waals surface area (Å²) in [5.74, 6) is 7.36.